The average Bonchev–Trinajstić information content (AvgIpc) is 2.98. The number of carbonyl (C=O) groups is 1. The molecular formula is C33H26F7NO3. The fourth-order valence-corrected chi connectivity index (χ4v) is 4.67. The summed E-state index contributed by atoms with van der Waals surface area (Å²) in [6.07, 6.45) is -3.41. The smallest absolute Gasteiger partial charge is 0.344 e. The molecule has 4 nitrogen and oxygen atoms in total. The quantitative estimate of drug-likeness (QED) is 0.135. The molecule has 230 valence electrons. The van der Waals surface area contributed by atoms with E-state index in [0.29, 0.717) is 11.6 Å². The van der Waals surface area contributed by atoms with Gasteiger partial charge in [-0.1, -0.05) is 36.4 Å². The summed E-state index contributed by atoms with van der Waals surface area (Å²) < 4.78 is 107. The van der Waals surface area contributed by atoms with Crippen molar-refractivity contribution in [1.82, 2.24) is 5.32 Å². The van der Waals surface area contributed by atoms with Crippen molar-refractivity contribution in [2.24, 2.45) is 0 Å². The second-order valence-corrected chi connectivity index (χ2v) is 10.1. The van der Waals surface area contributed by atoms with Crippen LogP contribution in [0.3, 0.4) is 0 Å². The van der Waals surface area contributed by atoms with Crippen LogP contribution in [0.25, 0.3) is 0 Å². The van der Waals surface area contributed by atoms with Crippen LogP contribution in [0.1, 0.15) is 46.5 Å². The zero-order valence-electron chi connectivity index (χ0n) is 23.4. The Hall–Kier alpha value is -4.80. The fourth-order valence-electron chi connectivity index (χ4n) is 4.67. The van der Waals surface area contributed by atoms with Gasteiger partial charge in [-0.25, -0.2) is 17.6 Å². The third-order valence-electron chi connectivity index (χ3n) is 6.60. The Morgan fingerprint density at radius 2 is 1.55 bits per heavy atom. The van der Waals surface area contributed by atoms with Crippen LogP contribution in [-0.4, -0.2) is 12.0 Å². The van der Waals surface area contributed by atoms with Crippen molar-refractivity contribution in [2.45, 2.75) is 38.6 Å². The average molecular weight is 618 g/mol. The molecular weight excluding hydrogens is 591 g/mol. The highest BCUT2D eigenvalue weighted by molar-refractivity contribution is 5.95. The highest BCUT2D eigenvalue weighted by Crippen LogP contribution is 2.39. The Morgan fingerprint density at radius 1 is 0.841 bits per heavy atom. The van der Waals surface area contributed by atoms with Crippen LogP contribution in [0.4, 0.5) is 30.7 Å². The molecule has 0 radical (unpaired) electrons. The van der Waals surface area contributed by atoms with E-state index in [1.54, 1.807) is 44.2 Å². The van der Waals surface area contributed by atoms with Gasteiger partial charge in [-0.05, 0) is 73.0 Å². The van der Waals surface area contributed by atoms with Crippen LogP contribution in [0, 0.1) is 17.5 Å². The first-order valence-corrected chi connectivity index (χ1v) is 13.3. The van der Waals surface area contributed by atoms with Gasteiger partial charge in [0.05, 0.1) is 11.6 Å². The number of benzene rings is 4. The maximum Gasteiger partial charge on any atom is 0.344 e. The van der Waals surface area contributed by atoms with Crippen molar-refractivity contribution in [3.63, 3.8) is 0 Å². The Labute approximate surface area is 248 Å². The van der Waals surface area contributed by atoms with Crippen molar-refractivity contribution in [2.75, 3.05) is 0 Å². The van der Waals surface area contributed by atoms with Crippen molar-refractivity contribution in [1.29, 1.82) is 0 Å². The number of rotatable bonds is 11. The second kappa shape index (κ2) is 13.7. The van der Waals surface area contributed by atoms with E-state index in [9.17, 15) is 31.1 Å². The number of hydrogen-bond donors (Lipinski definition) is 1. The number of hydrogen-bond acceptors (Lipinski definition) is 3. The second-order valence-electron chi connectivity index (χ2n) is 10.1. The predicted octanol–water partition coefficient (Wildman–Crippen LogP) is 8.69. The summed E-state index contributed by atoms with van der Waals surface area (Å²) in [7, 11) is 0. The number of amides is 1. The lowest BCUT2D eigenvalue weighted by molar-refractivity contribution is 0.0911. The lowest BCUT2D eigenvalue weighted by atomic mass is 9.77. The Balaban J connectivity index is 2.01. The molecule has 0 saturated heterocycles. The van der Waals surface area contributed by atoms with E-state index < -0.39 is 65.1 Å². The van der Waals surface area contributed by atoms with Gasteiger partial charge in [-0.2, -0.15) is 13.2 Å². The molecule has 11 heteroatoms. The molecule has 0 spiro atoms. The van der Waals surface area contributed by atoms with E-state index in [0.717, 1.165) is 36.4 Å². The molecule has 0 saturated carbocycles. The van der Waals surface area contributed by atoms with E-state index in [1.807, 2.05) is 0 Å². The minimum Gasteiger partial charge on any atom is -0.488 e. The molecule has 0 aliphatic carbocycles. The van der Waals surface area contributed by atoms with E-state index in [2.05, 4.69) is 10.1 Å². The minimum absolute atomic E-state index is 0.119. The summed E-state index contributed by atoms with van der Waals surface area (Å²) >= 11 is 0. The first-order valence-electron chi connectivity index (χ1n) is 13.3. The lowest BCUT2D eigenvalue weighted by Gasteiger charge is -2.37. The lowest BCUT2D eigenvalue weighted by Crippen LogP contribution is -2.48. The molecule has 0 aromatic heterocycles. The summed E-state index contributed by atoms with van der Waals surface area (Å²) in [6.45, 7) is 2.11. The zero-order chi connectivity index (χ0) is 32.0. The molecule has 0 aliphatic heterocycles. The van der Waals surface area contributed by atoms with Crippen LogP contribution in [0.15, 0.2) is 97.0 Å². The van der Waals surface area contributed by atoms with Gasteiger partial charge in [0.25, 0.3) is 5.91 Å². The van der Waals surface area contributed by atoms with Crippen LogP contribution in [0.2, 0.25) is 0 Å². The highest BCUT2D eigenvalue weighted by atomic mass is 19.3. The molecule has 1 amide bonds. The van der Waals surface area contributed by atoms with E-state index in [-0.39, 0.29) is 28.9 Å². The number of alkyl halides is 1. The largest absolute Gasteiger partial charge is 0.488 e. The molecule has 0 aliphatic rings. The van der Waals surface area contributed by atoms with Crippen molar-refractivity contribution < 1.29 is 45.0 Å². The molecule has 0 heterocycles. The fraction of sp³-hybridized carbons (Fsp3) is 0.182. The van der Waals surface area contributed by atoms with Gasteiger partial charge in [-0.3, -0.25) is 4.79 Å². The van der Waals surface area contributed by atoms with Gasteiger partial charge in [0, 0.05) is 23.6 Å². The summed E-state index contributed by atoms with van der Waals surface area (Å²) in [4.78, 5) is 13.8. The zero-order valence-corrected chi connectivity index (χ0v) is 23.4. The van der Waals surface area contributed by atoms with E-state index in [1.165, 1.54) is 12.1 Å². The van der Waals surface area contributed by atoms with E-state index >= 15 is 4.39 Å². The number of nitrogens with one attached hydrogen (secondary N) is 1. The highest BCUT2D eigenvalue weighted by Gasteiger charge is 2.38. The van der Waals surface area contributed by atoms with Crippen LogP contribution < -0.4 is 14.8 Å². The molecule has 4 aromatic carbocycles. The molecule has 4 aromatic rings. The first-order chi connectivity index (χ1) is 20.9. The Kier molecular flexibility index (Phi) is 9.97. The van der Waals surface area contributed by atoms with Gasteiger partial charge in [0.2, 0.25) is 0 Å². The number of carbonyl (C=O) groups excluding carboxylic acids is 1. The number of halogens is 7. The number of ether oxygens (including phenoxy) is 2. The SMILES string of the molecule is CC(C)Oc1cc([C@@](Cc2ccccc2)(NC(=O)c2ccc(F)c(CF)c2)c2cc(F)cc(OC(F)=C(F)F)c2)ccc1F. The minimum atomic E-state index is -2.78. The molecule has 0 fully saturated rings. The normalized spacial score (nSPS) is 12.4. The van der Waals surface area contributed by atoms with Crippen molar-refractivity contribution in [3.8, 4) is 11.5 Å². The Bertz CT molecular complexity index is 1670. The van der Waals surface area contributed by atoms with Gasteiger partial charge in [0.15, 0.2) is 11.6 Å². The van der Waals surface area contributed by atoms with Gasteiger partial charge in [-0.15, -0.1) is 0 Å². The topological polar surface area (TPSA) is 47.6 Å². The molecule has 1 N–H and O–H groups in total. The van der Waals surface area contributed by atoms with E-state index in [4.69, 9.17) is 4.74 Å². The molecule has 1 atom stereocenters. The maximum atomic E-state index is 15.1. The van der Waals surface area contributed by atoms with Gasteiger partial charge in [0.1, 0.15) is 24.1 Å². The third-order valence-corrected chi connectivity index (χ3v) is 6.60. The standard InChI is InChI=1S/C33H26F7NO3/c1-19(2)43-29-15-23(9-11-28(29)37)33(17-20-6-4-3-5-7-20,41-32(42)21-8-10-27(36)22(12-21)18-34)24-13-25(35)16-26(14-24)44-31(40)30(38)39/h3-16,19H,17-18H2,1-2H3,(H,41,42)/t33-/m1/s1. The van der Waals surface area contributed by atoms with Crippen molar-refractivity contribution in [3.05, 3.63) is 142 Å². The first kappa shape index (κ1) is 32.1. The third kappa shape index (κ3) is 7.39. The summed E-state index contributed by atoms with van der Waals surface area (Å²) in [5.74, 6) is -4.43. The summed E-state index contributed by atoms with van der Waals surface area (Å²) in [5.41, 5.74) is -1.81. The Morgan fingerprint density at radius 3 is 2.20 bits per heavy atom. The van der Waals surface area contributed by atoms with Crippen LogP contribution in [0.5, 0.6) is 11.5 Å². The molecule has 0 bridgehead atoms. The predicted molar refractivity (Wildman–Crippen MR) is 149 cm³/mol. The molecule has 4 rings (SSSR count). The monoisotopic (exact) mass is 617 g/mol. The summed E-state index contributed by atoms with van der Waals surface area (Å²) in [5, 5.41) is 2.79. The molecule has 0 unspecified atom stereocenters. The van der Waals surface area contributed by atoms with Crippen LogP contribution in [-0.2, 0) is 18.6 Å². The van der Waals surface area contributed by atoms with Crippen molar-refractivity contribution >= 4 is 5.91 Å². The maximum absolute atomic E-state index is 15.1. The van der Waals surface area contributed by atoms with Gasteiger partial charge < -0.3 is 14.8 Å². The van der Waals surface area contributed by atoms with Gasteiger partial charge >= 0.3 is 12.1 Å². The van der Waals surface area contributed by atoms with Crippen LogP contribution >= 0.6 is 0 Å². The molecule has 44 heavy (non-hydrogen) atoms. The summed E-state index contributed by atoms with van der Waals surface area (Å²) in [6, 6.07) is 15.5.